The molecule has 1 aliphatic heterocycles. The average molecular weight is 335 g/mol. The number of nitrogens with zero attached hydrogens (tertiary/aromatic N) is 4. The number of amides is 2. The minimum Gasteiger partial charge on any atom is -0.389 e. The molecule has 2 fully saturated rings. The van der Waals surface area contributed by atoms with Crippen molar-refractivity contribution in [2.24, 2.45) is 5.92 Å². The van der Waals surface area contributed by atoms with E-state index in [0.29, 0.717) is 31.8 Å². The van der Waals surface area contributed by atoms with Gasteiger partial charge >= 0.3 is 6.03 Å². The Morgan fingerprint density at radius 3 is 2.71 bits per heavy atom. The maximum absolute atomic E-state index is 12.4. The molecule has 0 bridgehead atoms. The third-order valence-electron chi connectivity index (χ3n) is 5.44. The molecular weight excluding hydrogens is 306 g/mol. The summed E-state index contributed by atoms with van der Waals surface area (Å²) in [5.74, 6) is 0.442. The van der Waals surface area contributed by atoms with Gasteiger partial charge in [-0.15, -0.1) is 0 Å². The minimum absolute atomic E-state index is 0.0992. The lowest BCUT2D eigenvalue weighted by molar-refractivity contribution is -0.0845. The van der Waals surface area contributed by atoms with Crippen molar-refractivity contribution in [3.8, 4) is 0 Å². The number of rotatable bonds is 5. The Morgan fingerprint density at radius 2 is 2.12 bits per heavy atom. The monoisotopic (exact) mass is 335 g/mol. The van der Waals surface area contributed by atoms with E-state index in [1.807, 2.05) is 25.0 Å². The summed E-state index contributed by atoms with van der Waals surface area (Å²) in [6.07, 6.45) is 8.41. The molecule has 3 rings (SSSR count). The Bertz CT molecular complexity index is 559. The highest BCUT2D eigenvalue weighted by molar-refractivity contribution is 5.89. The molecule has 0 atom stereocenters. The van der Waals surface area contributed by atoms with Crippen molar-refractivity contribution < 1.29 is 9.90 Å². The SMILES string of the molecule is CN(C)CCn1cc(NC(=O)N2CCC(O)(C3CCC3)CC2)cn1. The highest BCUT2D eigenvalue weighted by Gasteiger charge is 2.42. The van der Waals surface area contributed by atoms with Crippen LogP contribution < -0.4 is 5.32 Å². The number of likely N-dealkylation sites (N-methyl/N-ethyl adjacent to an activating group) is 1. The Labute approximate surface area is 143 Å². The van der Waals surface area contributed by atoms with E-state index in [0.717, 1.165) is 31.6 Å². The maximum Gasteiger partial charge on any atom is 0.321 e. The first kappa shape index (κ1) is 17.2. The quantitative estimate of drug-likeness (QED) is 0.857. The number of aliphatic hydroxyl groups is 1. The first-order chi connectivity index (χ1) is 11.5. The first-order valence-corrected chi connectivity index (χ1v) is 8.92. The smallest absolute Gasteiger partial charge is 0.321 e. The summed E-state index contributed by atoms with van der Waals surface area (Å²) in [5.41, 5.74) is 0.171. The van der Waals surface area contributed by atoms with Crippen LogP contribution in [0.2, 0.25) is 0 Å². The van der Waals surface area contributed by atoms with Crippen LogP contribution in [0.4, 0.5) is 10.5 Å². The van der Waals surface area contributed by atoms with Crippen molar-refractivity contribution >= 4 is 11.7 Å². The molecule has 0 unspecified atom stereocenters. The van der Waals surface area contributed by atoms with Crippen molar-refractivity contribution in [3.05, 3.63) is 12.4 Å². The van der Waals surface area contributed by atoms with Crippen molar-refractivity contribution in [2.45, 2.75) is 44.2 Å². The van der Waals surface area contributed by atoms with Gasteiger partial charge in [0, 0.05) is 25.8 Å². The van der Waals surface area contributed by atoms with E-state index in [1.54, 1.807) is 11.1 Å². The summed E-state index contributed by atoms with van der Waals surface area (Å²) in [4.78, 5) is 16.3. The summed E-state index contributed by atoms with van der Waals surface area (Å²) in [6.45, 7) is 2.93. The molecule has 2 heterocycles. The fourth-order valence-electron chi connectivity index (χ4n) is 3.51. The lowest BCUT2D eigenvalue weighted by Gasteiger charge is -2.46. The second kappa shape index (κ2) is 7.11. The molecule has 7 nitrogen and oxygen atoms in total. The molecule has 0 spiro atoms. The number of urea groups is 1. The lowest BCUT2D eigenvalue weighted by Crippen LogP contribution is -2.52. The maximum atomic E-state index is 12.4. The van der Waals surface area contributed by atoms with E-state index in [-0.39, 0.29) is 6.03 Å². The van der Waals surface area contributed by atoms with Gasteiger partial charge in [0.25, 0.3) is 0 Å². The zero-order valence-electron chi connectivity index (χ0n) is 14.7. The molecule has 1 aliphatic carbocycles. The van der Waals surface area contributed by atoms with Gasteiger partial charge in [0.15, 0.2) is 0 Å². The number of carbonyl (C=O) groups is 1. The van der Waals surface area contributed by atoms with E-state index in [2.05, 4.69) is 15.3 Å². The molecule has 0 radical (unpaired) electrons. The van der Waals surface area contributed by atoms with Crippen molar-refractivity contribution in [3.63, 3.8) is 0 Å². The van der Waals surface area contributed by atoms with E-state index in [4.69, 9.17) is 0 Å². The van der Waals surface area contributed by atoms with Crippen molar-refractivity contribution in [1.29, 1.82) is 0 Å². The van der Waals surface area contributed by atoms with Crippen LogP contribution in [0.1, 0.15) is 32.1 Å². The molecule has 2 aliphatic rings. The van der Waals surface area contributed by atoms with Gasteiger partial charge in [-0.25, -0.2) is 4.79 Å². The number of anilines is 1. The van der Waals surface area contributed by atoms with Crippen LogP contribution in [0.5, 0.6) is 0 Å². The predicted octanol–water partition coefficient (Wildman–Crippen LogP) is 1.60. The van der Waals surface area contributed by atoms with Crippen LogP contribution in [0.25, 0.3) is 0 Å². The van der Waals surface area contributed by atoms with E-state index < -0.39 is 5.60 Å². The van der Waals surface area contributed by atoms with Gasteiger partial charge < -0.3 is 20.2 Å². The van der Waals surface area contributed by atoms with E-state index in [1.165, 1.54) is 6.42 Å². The van der Waals surface area contributed by atoms with Gasteiger partial charge in [0.05, 0.1) is 24.0 Å². The molecule has 2 amide bonds. The molecular formula is C17H29N5O2. The number of nitrogens with one attached hydrogen (secondary N) is 1. The normalized spacial score (nSPS) is 20.9. The summed E-state index contributed by atoms with van der Waals surface area (Å²) < 4.78 is 1.83. The summed E-state index contributed by atoms with van der Waals surface area (Å²) in [5, 5.41) is 17.9. The van der Waals surface area contributed by atoms with Crippen LogP contribution in [0, 0.1) is 5.92 Å². The van der Waals surface area contributed by atoms with Gasteiger partial charge in [-0.05, 0) is 45.7 Å². The molecule has 7 heteroatoms. The average Bonchev–Trinajstić information content (AvgIpc) is 2.91. The summed E-state index contributed by atoms with van der Waals surface area (Å²) in [6, 6.07) is -0.0992. The van der Waals surface area contributed by atoms with Crippen LogP contribution in [-0.2, 0) is 6.54 Å². The van der Waals surface area contributed by atoms with Gasteiger partial charge in [0.1, 0.15) is 0 Å². The predicted molar refractivity (Wildman–Crippen MR) is 92.9 cm³/mol. The lowest BCUT2D eigenvalue weighted by atomic mass is 9.69. The van der Waals surface area contributed by atoms with Gasteiger partial charge in [0.2, 0.25) is 0 Å². The molecule has 134 valence electrons. The zero-order valence-corrected chi connectivity index (χ0v) is 14.7. The fraction of sp³-hybridized carbons (Fsp3) is 0.765. The van der Waals surface area contributed by atoms with E-state index in [9.17, 15) is 9.90 Å². The van der Waals surface area contributed by atoms with Crippen molar-refractivity contribution in [2.75, 3.05) is 39.0 Å². The van der Waals surface area contributed by atoms with E-state index >= 15 is 0 Å². The van der Waals surface area contributed by atoms with Crippen LogP contribution in [-0.4, -0.2) is 70.0 Å². The Morgan fingerprint density at radius 1 is 1.42 bits per heavy atom. The molecule has 1 saturated heterocycles. The second-order valence-corrected chi connectivity index (χ2v) is 7.44. The van der Waals surface area contributed by atoms with Crippen LogP contribution in [0.15, 0.2) is 12.4 Å². The third-order valence-corrected chi connectivity index (χ3v) is 5.44. The highest BCUT2D eigenvalue weighted by atomic mass is 16.3. The number of hydrogen-bond acceptors (Lipinski definition) is 4. The number of likely N-dealkylation sites (tertiary alicyclic amines) is 1. The molecule has 0 aromatic carbocycles. The first-order valence-electron chi connectivity index (χ1n) is 8.92. The molecule has 1 aromatic rings. The Kier molecular flexibility index (Phi) is 5.10. The van der Waals surface area contributed by atoms with Gasteiger partial charge in [-0.2, -0.15) is 5.10 Å². The Hall–Kier alpha value is -1.60. The van der Waals surface area contributed by atoms with Gasteiger partial charge in [-0.1, -0.05) is 6.42 Å². The van der Waals surface area contributed by atoms with Crippen LogP contribution >= 0.6 is 0 Å². The van der Waals surface area contributed by atoms with Gasteiger partial charge in [-0.3, -0.25) is 4.68 Å². The topological polar surface area (TPSA) is 73.6 Å². The minimum atomic E-state index is -0.550. The number of piperidine rings is 1. The molecule has 24 heavy (non-hydrogen) atoms. The highest BCUT2D eigenvalue weighted by Crippen LogP contribution is 2.41. The summed E-state index contributed by atoms with van der Waals surface area (Å²) in [7, 11) is 4.04. The second-order valence-electron chi connectivity index (χ2n) is 7.44. The number of carbonyl (C=O) groups excluding carboxylic acids is 1. The standard InChI is InChI=1S/C17H29N5O2/c1-20(2)10-11-22-13-15(12-18-22)19-16(23)21-8-6-17(24,7-9-21)14-4-3-5-14/h12-14,24H,3-11H2,1-2H3,(H,19,23). The number of aromatic nitrogens is 2. The van der Waals surface area contributed by atoms with Crippen molar-refractivity contribution in [1.82, 2.24) is 19.6 Å². The molecule has 2 N–H and O–H groups in total. The summed E-state index contributed by atoms with van der Waals surface area (Å²) >= 11 is 0. The third kappa shape index (κ3) is 3.89. The zero-order chi connectivity index (χ0) is 17.2. The fourth-order valence-corrected chi connectivity index (χ4v) is 3.51. The Balaban J connectivity index is 1.47. The number of hydrogen-bond donors (Lipinski definition) is 2. The molecule has 1 saturated carbocycles. The van der Waals surface area contributed by atoms with Crippen LogP contribution in [0.3, 0.4) is 0 Å². The molecule has 1 aromatic heterocycles. The largest absolute Gasteiger partial charge is 0.389 e.